The maximum Gasteiger partial charge on any atom is 0.259 e. The molecular weight excluding hydrogens is 449 g/mol. The van der Waals surface area contributed by atoms with E-state index in [1.165, 1.54) is 33.6 Å². The summed E-state index contributed by atoms with van der Waals surface area (Å²) in [7, 11) is -3.77. The zero-order valence-electron chi connectivity index (χ0n) is 15.6. The molecule has 10 heteroatoms. The maximum atomic E-state index is 12.9. The maximum absolute atomic E-state index is 12.9. The fourth-order valence-corrected chi connectivity index (χ4v) is 5.23. The number of nitrogens with one attached hydrogen (secondary N) is 1. The van der Waals surface area contributed by atoms with Gasteiger partial charge in [0, 0.05) is 43.3 Å². The van der Waals surface area contributed by atoms with Crippen molar-refractivity contribution in [1.82, 2.24) is 14.2 Å². The summed E-state index contributed by atoms with van der Waals surface area (Å²) in [5.41, 5.74) is 0.339. The van der Waals surface area contributed by atoms with Gasteiger partial charge in [-0.2, -0.15) is 4.31 Å². The van der Waals surface area contributed by atoms with Crippen molar-refractivity contribution in [2.45, 2.75) is 4.90 Å². The molecule has 30 heavy (non-hydrogen) atoms. The van der Waals surface area contributed by atoms with Gasteiger partial charge in [0.05, 0.1) is 14.9 Å². The van der Waals surface area contributed by atoms with Crippen LogP contribution in [0.5, 0.6) is 0 Å². The van der Waals surface area contributed by atoms with E-state index >= 15 is 0 Å². The van der Waals surface area contributed by atoms with E-state index in [1.807, 2.05) is 0 Å². The Hall–Kier alpha value is -2.39. The molecule has 1 amide bonds. The number of halogens is 2. The van der Waals surface area contributed by atoms with Crippen LogP contribution in [0.3, 0.4) is 0 Å². The number of pyridine rings is 1. The van der Waals surface area contributed by atoms with Crippen LogP contribution in [-0.4, -0.2) is 54.7 Å². The van der Waals surface area contributed by atoms with Gasteiger partial charge in [0.1, 0.15) is 5.56 Å². The molecule has 3 aromatic rings. The van der Waals surface area contributed by atoms with Gasteiger partial charge < -0.3 is 9.88 Å². The Balaban J connectivity index is 1.52. The third-order valence-electron chi connectivity index (χ3n) is 5.07. The Morgan fingerprint density at radius 1 is 0.967 bits per heavy atom. The predicted octanol–water partition coefficient (Wildman–Crippen LogP) is 2.98. The number of carbonyl (C=O) groups excluding carboxylic acids is 1. The number of aromatic amines is 1. The summed E-state index contributed by atoms with van der Waals surface area (Å²) in [6.45, 7) is 0.566. The Bertz CT molecular complexity index is 1300. The molecule has 1 aromatic heterocycles. The largest absolute Gasteiger partial charge is 0.360 e. The lowest BCUT2D eigenvalue weighted by Crippen LogP contribution is -2.51. The number of amides is 1. The number of para-hydroxylation sites is 1. The summed E-state index contributed by atoms with van der Waals surface area (Å²) in [6.07, 6.45) is 1.41. The number of aromatic nitrogens is 1. The molecule has 7 nitrogen and oxygen atoms in total. The third kappa shape index (κ3) is 3.72. The van der Waals surface area contributed by atoms with Gasteiger partial charge in [-0.05, 0) is 30.3 Å². The minimum Gasteiger partial charge on any atom is -0.360 e. The number of sulfonamides is 1. The molecule has 0 spiro atoms. The normalized spacial score (nSPS) is 15.5. The lowest BCUT2D eigenvalue weighted by Gasteiger charge is -2.34. The number of H-pyrrole nitrogens is 1. The van der Waals surface area contributed by atoms with E-state index < -0.39 is 15.9 Å². The summed E-state index contributed by atoms with van der Waals surface area (Å²) in [5, 5.41) is 0.859. The summed E-state index contributed by atoms with van der Waals surface area (Å²) < 4.78 is 27.0. The lowest BCUT2D eigenvalue weighted by atomic mass is 10.1. The van der Waals surface area contributed by atoms with Crippen LogP contribution in [-0.2, 0) is 10.0 Å². The zero-order valence-corrected chi connectivity index (χ0v) is 18.0. The van der Waals surface area contributed by atoms with Crippen LogP contribution in [0, 0.1) is 0 Å². The van der Waals surface area contributed by atoms with Crippen molar-refractivity contribution in [3.63, 3.8) is 0 Å². The van der Waals surface area contributed by atoms with E-state index in [1.54, 1.807) is 24.3 Å². The number of hydrogen-bond acceptors (Lipinski definition) is 4. The van der Waals surface area contributed by atoms with Gasteiger partial charge in [-0.25, -0.2) is 8.42 Å². The van der Waals surface area contributed by atoms with Crippen LogP contribution >= 0.6 is 23.2 Å². The molecule has 156 valence electrons. The van der Waals surface area contributed by atoms with E-state index in [0.717, 1.165) is 0 Å². The summed E-state index contributed by atoms with van der Waals surface area (Å²) in [6, 6.07) is 11.1. The second-order valence-electron chi connectivity index (χ2n) is 6.85. The van der Waals surface area contributed by atoms with Gasteiger partial charge in [-0.1, -0.05) is 35.3 Å². The highest BCUT2D eigenvalue weighted by Gasteiger charge is 2.31. The molecule has 1 N–H and O–H groups in total. The van der Waals surface area contributed by atoms with Crippen LogP contribution in [0.4, 0.5) is 0 Å². The highest BCUT2D eigenvalue weighted by molar-refractivity contribution is 7.89. The van der Waals surface area contributed by atoms with Gasteiger partial charge in [0.15, 0.2) is 0 Å². The molecule has 0 radical (unpaired) electrons. The van der Waals surface area contributed by atoms with Crippen LogP contribution in [0.25, 0.3) is 10.9 Å². The molecule has 4 rings (SSSR count). The monoisotopic (exact) mass is 465 g/mol. The highest BCUT2D eigenvalue weighted by Crippen LogP contribution is 2.27. The number of hydrogen-bond donors (Lipinski definition) is 1. The fraction of sp³-hybridized carbons (Fsp3) is 0.200. The van der Waals surface area contributed by atoms with E-state index in [9.17, 15) is 18.0 Å². The Labute approximate surface area is 182 Å². The minimum atomic E-state index is -3.77. The first-order valence-corrected chi connectivity index (χ1v) is 11.3. The van der Waals surface area contributed by atoms with Crippen LogP contribution in [0.2, 0.25) is 10.0 Å². The SMILES string of the molecule is O=C(c1c[nH]c2ccccc2c1=O)N1CCN(S(=O)(=O)c2ccc(Cl)c(Cl)c2)CC1. The molecule has 0 unspecified atom stereocenters. The zero-order chi connectivity index (χ0) is 21.5. The average molecular weight is 466 g/mol. The van der Waals surface area contributed by atoms with Crippen molar-refractivity contribution < 1.29 is 13.2 Å². The molecule has 2 heterocycles. The molecule has 1 fully saturated rings. The third-order valence-corrected chi connectivity index (χ3v) is 7.71. The first-order chi connectivity index (χ1) is 14.3. The molecule has 0 atom stereocenters. The van der Waals surface area contributed by atoms with E-state index in [0.29, 0.717) is 10.9 Å². The number of piperazine rings is 1. The fourth-order valence-electron chi connectivity index (χ4n) is 3.41. The standard InChI is InChI=1S/C20H17Cl2N3O4S/c21-16-6-5-13(11-17(16)22)30(28,29)25-9-7-24(8-10-25)20(27)15-12-23-18-4-2-1-3-14(18)19(15)26/h1-6,11-12H,7-10H2,(H,23,26). The molecular formula is C20H17Cl2N3O4S. The predicted molar refractivity (Wildman–Crippen MR) is 116 cm³/mol. The summed E-state index contributed by atoms with van der Waals surface area (Å²) >= 11 is 11.8. The van der Waals surface area contributed by atoms with Crippen LogP contribution in [0.15, 0.2) is 58.4 Å². The Morgan fingerprint density at radius 2 is 1.67 bits per heavy atom. The number of nitrogens with zero attached hydrogens (tertiary/aromatic N) is 2. The second kappa shape index (κ2) is 8.03. The topological polar surface area (TPSA) is 90.6 Å². The number of rotatable bonds is 3. The van der Waals surface area contributed by atoms with Gasteiger partial charge in [0.25, 0.3) is 5.91 Å². The van der Waals surface area contributed by atoms with Crippen molar-refractivity contribution in [2.24, 2.45) is 0 Å². The summed E-state index contributed by atoms with van der Waals surface area (Å²) in [4.78, 5) is 30.1. The summed E-state index contributed by atoms with van der Waals surface area (Å²) in [5.74, 6) is -0.423. The molecule has 2 aromatic carbocycles. The highest BCUT2D eigenvalue weighted by atomic mass is 35.5. The molecule has 0 aliphatic carbocycles. The second-order valence-corrected chi connectivity index (χ2v) is 9.60. The molecule has 1 aliphatic heterocycles. The van der Waals surface area contributed by atoms with Gasteiger partial charge >= 0.3 is 0 Å². The first-order valence-electron chi connectivity index (χ1n) is 9.14. The average Bonchev–Trinajstić information content (AvgIpc) is 2.75. The number of carbonyl (C=O) groups is 1. The van der Waals surface area contributed by atoms with Crippen LogP contribution < -0.4 is 5.43 Å². The van der Waals surface area contributed by atoms with Gasteiger partial charge in [-0.3, -0.25) is 9.59 Å². The molecule has 0 bridgehead atoms. The van der Waals surface area contributed by atoms with Crippen molar-refractivity contribution in [3.05, 3.63) is 74.5 Å². The molecule has 1 saturated heterocycles. The number of benzene rings is 2. The first kappa shape index (κ1) is 20.9. The Morgan fingerprint density at radius 3 is 2.37 bits per heavy atom. The van der Waals surface area contributed by atoms with E-state index in [4.69, 9.17) is 23.2 Å². The van der Waals surface area contributed by atoms with E-state index in [2.05, 4.69) is 4.98 Å². The van der Waals surface area contributed by atoms with E-state index in [-0.39, 0.29) is 52.1 Å². The van der Waals surface area contributed by atoms with Crippen LogP contribution in [0.1, 0.15) is 10.4 Å². The smallest absolute Gasteiger partial charge is 0.259 e. The number of fused-ring (bicyclic) bond motifs is 1. The molecule has 0 saturated carbocycles. The lowest BCUT2D eigenvalue weighted by molar-refractivity contribution is 0.0696. The minimum absolute atomic E-state index is 0.0366. The van der Waals surface area contributed by atoms with Crippen molar-refractivity contribution in [1.29, 1.82) is 0 Å². The Kier molecular flexibility index (Phi) is 5.59. The molecule has 1 aliphatic rings. The van der Waals surface area contributed by atoms with Crippen molar-refractivity contribution in [2.75, 3.05) is 26.2 Å². The van der Waals surface area contributed by atoms with Gasteiger partial charge in [-0.15, -0.1) is 0 Å². The van der Waals surface area contributed by atoms with Gasteiger partial charge in [0.2, 0.25) is 15.5 Å². The quantitative estimate of drug-likeness (QED) is 0.643. The van der Waals surface area contributed by atoms with Crippen molar-refractivity contribution in [3.8, 4) is 0 Å². The van der Waals surface area contributed by atoms with Crippen molar-refractivity contribution >= 4 is 50.0 Å².